The fourth-order valence-electron chi connectivity index (χ4n) is 3.55. The molecule has 2 aromatic heterocycles. The summed E-state index contributed by atoms with van der Waals surface area (Å²) in [5.74, 6) is 0.212. The van der Waals surface area contributed by atoms with E-state index >= 15 is 0 Å². The molecule has 0 bridgehead atoms. The van der Waals surface area contributed by atoms with Gasteiger partial charge in [-0.1, -0.05) is 6.92 Å². The van der Waals surface area contributed by atoms with Crippen molar-refractivity contribution in [1.29, 1.82) is 0 Å². The van der Waals surface area contributed by atoms with Crippen LogP contribution >= 0.6 is 0 Å². The SMILES string of the molecule is CCN1CCCN(C(=O)c2cc(-c3ccc(O)cc3)nc3[nH]ncc23)CC1. The van der Waals surface area contributed by atoms with Gasteiger partial charge in [-0.05, 0) is 49.8 Å². The van der Waals surface area contributed by atoms with E-state index < -0.39 is 0 Å². The highest BCUT2D eigenvalue weighted by molar-refractivity contribution is 6.06. The number of likely N-dealkylation sites (N-methyl/N-ethyl adjacent to an activating group) is 1. The number of phenols is 1. The van der Waals surface area contributed by atoms with Crippen molar-refractivity contribution >= 4 is 16.9 Å². The van der Waals surface area contributed by atoms with E-state index in [9.17, 15) is 9.90 Å². The van der Waals surface area contributed by atoms with Crippen LogP contribution in [0.5, 0.6) is 5.75 Å². The Hall–Kier alpha value is -2.93. The van der Waals surface area contributed by atoms with E-state index in [1.165, 1.54) is 0 Å². The molecule has 0 spiro atoms. The smallest absolute Gasteiger partial charge is 0.254 e. The van der Waals surface area contributed by atoms with Crippen LogP contribution in [-0.4, -0.2) is 68.7 Å². The summed E-state index contributed by atoms with van der Waals surface area (Å²) in [6.07, 6.45) is 2.64. The monoisotopic (exact) mass is 365 g/mol. The molecule has 3 aromatic rings. The van der Waals surface area contributed by atoms with Crippen molar-refractivity contribution in [3.05, 3.63) is 42.1 Å². The van der Waals surface area contributed by atoms with Gasteiger partial charge in [0, 0.05) is 25.2 Å². The molecule has 0 saturated carbocycles. The Morgan fingerprint density at radius 2 is 2.00 bits per heavy atom. The second-order valence-electron chi connectivity index (χ2n) is 6.81. The van der Waals surface area contributed by atoms with Crippen molar-refractivity contribution in [2.75, 3.05) is 32.7 Å². The number of nitrogens with one attached hydrogen (secondary N) is 1. The molecule has 4 rings (SSSR count). The van der Waals surface area contributed by atoms with Crippen molar-refractivity contribution in [1.82, 2.24) is 25.0 Å². The van der Waals surface area contributed by atoms with Crippen LogP contribution in [0.4, 0.5) is 0 Å². The molecule has 27 heavy (non-hydrogen) atoms. The molecule has 0 aliphatic carbocycles. The number of hydrogen-bond acceptors (Lipinski definition) is 5. The summed E-state index contributed by atoms with van der Waals surface area (Å²) < 4.78 is 0. The number of benzene rings is 1. The van der Waals surface area contributed by atoms with Crippen LogP contribution in [0.25, 0.3) is 22.3 Å². The van der Waals surface area contributed by atoms with Crippen LogP contribution in [0.3, 0.4) is 0 Å². The van der Waals surface area contributed by atoms with Gasteiger partial charge in [-0.25, -0.2) is 4.98 Å². The summed E-state index contributed by atoms with van der Waals surface area (Å²) in [4.78, 5) is 22.2. The third-order valence-electron chi connectivity index (χ3n) is 5.14. The molecule has 140 valence electrons. The normalized spacial score (nSPS) is 15.8. The molecule has 1 amide bonds. The maximum atomic E-state index is 13.3. The zero-order valence-corrected chi connectivity index (χ0v) is 15.4. The minimum absolute atomic E-state index is 0.0155. The van der Waals surface area contributed by atoms with Crippen LogP contribution in [0.1, 0.15) is 23.7 Å². The predicted molar refractivity (Wildman–Crippen MR) is 104 cm³/mol. The highest BCUT2D eigenvalue weighted by Crippen LogP contribution is 2.26. The Morgan fingerprint density at radius 3 is 2.78 bits per heavy atom. The van der Waals surface area contributed by atoms with Gasteiger partial charge >= 0.3 is 0 Å². The fraction of sp³-hybridized carbons (Fsp3) is 0.350. The highest BCUT2D eigenvalue weighted by atomic mass is 16.3. The number of H-pyrrole nitrogens is 1. The van der Waals surface area contributed by atoms with Gasteiger partial charge < -0.3 is 14.9 Å². The lowest BCUT2D eigenvalue weighted by Crippen LogP contribution is -2.35. The van der Waals surface area contributed by atoms with Crippen molar-refractivity contribution in [2.24, 2.45) is 0 Å². The van der Waals surface area contributed by atoms with Crippen LogP contribution in [0.2, 0.25) is 0 Å². The van der Waals surface area contributed by atoms with Crippen molar-refractivity contribution in [2.45, 2.75) is 13.3 Å². The van der Waals surface area contributed by atoms with Crippen LogP contribution in [0.15, 0.2) is 36.5 Å². The van der Waals surface area contributed by atoms with E-state index in [2.05, 4.69) is 27.0 Å². The number of carbonyl (C=O) groups is 1. The van der Waals surface area contributed by atoms with Gasteiger partial charge in [0.05, 0.1) is 22.8 Å². The van der Waals surface area contributed by atoms with Crippen LogP contribution in [0, 0.1) is 0 Å². The molecule has 1 fully saturated rings. The largest absolute Gasteiger partial charge is 0.508 e. The van der Waals surface area contributed by atoms with E-state index in [0.29, 0.717) is 16.9 Å². The number of rotatable bonds is 3. The Balaban J connectivity index is 1.71. The number of amides is 1. The summed E-state index contributed by atoms with van der Waals surface area (Å²) in [6.45, 7) is 6.56. The van der Waals surface area contributed by atoms with Gasteiger partial charge in [-0.15, -0.1) is 0 Å². The fourth-order valence-corrected chi connectivity index (χ4v) is 3.55. The molecule has 7 heteroatoms. The number of nitrogens with zero attached hydrogens (tertiary/aromatic N) is 4. The molecule has 1 aliphatic heterocycles. The van der Waals surface area contributed by atoms with Gasteiger partial charge in [0.2, 0.25) is 0 Å². The standard InChI is InChI=1S/C20H23N5O2/c1-2-24-8-3-9-25(11-10-24)20(27)16-12-18(14-4-6-15(26)7-5-14)22-19-17(16)13-21-23-19/h4-7,12-13,26H,2-3,8-11H2,1H3,(H,21,22,23). The van der Waals surface area contributed by atoms with Crippen molar-refractivity contribution in [3.8, 4) is 17.0 Å². The zero-order valence-electron chi connectivity index (χ0n) is 15.4. The zero-order chi connectivity index (χ0) is 18.8. The van der Waals surface area contributed by atoms with E-state index in [4.69, 9.17) is 0 Å². The van der Waals surface area contributed by atoms with Crippen molar-refractivity contribution in [3.63, 3.8) is 0 Å². The van der Waals surface area contributed by atoms with Gasteiger partial charge in [-0.2, -0.15) is 5.10 Å². The molecule has 7 nitrogen and oxygen atoms in total. The first-order valence-corrected chi connectivity index (χ1v) is 9.31. The molecule has 1 aromatic carbocycles. The topological polar surface area (TPSA) is 85.4 Å². The average Bonchev–Trinajstić information content (AvgIpc) is 3.03. The third-order valence-corrected chi connectivity index (χ3v) is 5.14. The Kier molecular flexibility index (Phi) is 4.77. The van der Waals surface area contributed by atoms with Crippen molar-refractivity contribution < 1.29 is 9.90 Å². The number of carbonyl (C=O) groups excluding carboxylic acids is 1. The number of hydrogen-bond donors (Lipinski definition) is 2. The molecule has 0 atom stereocenters. The number of phenolic OH excluding ortho intramolecular Hbond substituents is 1. The quantitative estimate of drug-likeness (QED) is 0.745. The first-order chi connectivity index (χ1) is 13.2. The number of aromatic nitrogens is 3. The maximum absolute atomic E-state index is 13.3. The molecule has 2 N–H and O–H groups in total. The lowest BCUT2D eigenvalue weighted by atomic mass is 10.1. The lowest BCUT2D eigenvalue weighted by Gasteiger charge is -2.21. The summed E-state index contributed by atoms with van der Waals surface area (Å²) in [6, 6.07) is 8.64. The number of pyridine rings is 1. The van der Waals surface area contributed by atoms with Gasteiger partial charge in [-0.3, -0.25) is 9.89 Å². The highest BCUT2D eigenvalue weighted by Gasteiger charge is 2.23. The van der Waals surface area contributed by atoms with E-state index in [0.717, 1.165) is 50.1 Å². The van der Waals surface area contributed by atoms with Crippen LogP contribution in [-0.2, 0) is 0 Å². The Labute approximate surface area is 157 Å². The third kappa shape index (κ3) is 3.50. The van der Waals surface area contributed by atoms with Crippen LogP contribution < -0.4 is 0 Å². The van der Waals surface area contributed by atoms with Gasteiger partial charge in [0.15, 0.2) is 5.65 Å². The van der Waals surface area contributed by atoms with E-state index in [1.54, 1.807) is 30.5 Å². The van der Waals surface area contributed by atoms with Gasteiger partial charge in [0.25, 0.3) is 5.91 Å². The first-order valence-electron chi connectivity index (χ1n) is 9.31. The summed E-state index contributed by atoms with van der Waals surface area (Å²) >= 11 is 0. The Bertz CT molecular complexity index is 951. The average molecular weight is 365 g/mol. The maximum Gasteiger partial charge on any atom is 0.254 e. The minimum atomic E-state index is 0.0155. The number of aromatic hydroxyl groups is 1. The second-order valence-corrected chi connectivity index (χ2v) is 6.81. The minimum Gasteiger partial charge on any atom is -0.508 e. The number of fused-ring (bicyclic) bond motifs is 1. The molecular weight excluding hydrogens is 342 g/mol. The molecule has 1 saturated heterocycles. The summed E-state index contributed by atoms with van der Waals surface area (Å²) in [5.41, 5.74) is 2.72. The lowest BCUT2D eigenvalue weighted by molar-refractivity contribution is 0.0763. The Morgan fingerprint density at radius 1 is 1.19 bits per heavy atom. The second kappa shape index (κ2) is 7.36. The van der Waals surface area contributed by atoms with Gasteiger partial charge in [0.1, 0.15) is 5.75 Å². The molecule has 1 aliphatic rings. The van der Waals surface area contributed by atoms with E-state index in [-0.39, 0.29) is 11.7 Å². The molecule has 3 heterocycles. The molecular formula is C20H23N5O2. The molecule has 0 unspecified atom stereocenters. The summed E-state index contributed by atoms with van der Waals surface area (Å²) in [7, 11) is 0. The molecule has 0 radical (unpaired) electrons. The number of aromatic amines is 1. The van der Waals surface area contributed by atoms with E-state index in [1.807, 2.05) is 11.0 Å². The predicted octanol–water partition coefficient (Wildman–Crippen LogP) is 2.50. The summed E-state index contributed by atoms with van der Waals surface area (Å²) in [5, 5.41) is 17.2. The first kappa shape index (κ1) is 17.5.